The van der Waals surface area contributed by atoms with Crippen molar-refractivity contribution in [3.63, 3.8) is 0 Å². The average molecular weight is 282 g/mol. The quantitative estimate of drug-likeness (QED) is 0.916. The molecule has 3 rings (SSSR count). The van der Waals surface area contributed by atoms with Crippen LogP contribution in [0.15, 0.2) is 48.5 Å². The molecule has 0 aliphatic carbocycles. The molecule has 1 N–H and O–H groups in total. The van der Waals surface area contributed by atoms with Gasteiger partial charge in [-0.3, -0.25) is 0 Å². The number of nitrogens with zero attached hydrogens (tertiary/aromatic N) is 1. The summed E-state index contributed by atoms with van der Waals surface area (Å²) < 4.78 is 5.64. The zero-order chi connectivity index (χ0) is 15.0. The molecule has 0 spiro atoms. The second-order valence-electron chi connectivity index (χ2n) is 5.27. The lowest BCUT2D eigenvalue weighted by atomic mass is 10.0. The van der Waals surface area contributed by atoms with Gasteiger partial charge >= 0.3 is 0 Å². The molecule has 0 saturated heterocycles. The normalized spacial score (nSPS) is 19.8. The van der Waals surface area contributed by atoms with Gasteiger partial charge in [-0.15, -0.1) is 5.75 Å². The molecule has 1 atom stereocenters. The third-order valence-electron chi connectivity index (χ3n) is 3.54. The summed E-state index contributed by atoms with van der Waals surface area (Å²) in [5, 5.41) is 22.1. The second-order valence-corrected chi connectivity index (χ2v) is 5.27. The molecule has 0 fully saturated rings. The predicted octanol–water partition coefficient (Wildman–Crippen LogP) is 2.08. The van der Waals surface area contributed by atoms with Crippen LogP contribution in [0.25, 0.3) is 6.08 Å². The number of fused-ring (bicyclic) bond motifs is 1. The molecular formula is C17H16NO3-. The Morgan fingerprint density at radius 1 is 1.10 bits per heavy atom. The first-order valence-corrected chi connectivity index (χ1v) is 6.67. The van der Waals surface area contributed by atoms with Crippen LogP contribution in [0.1, 0.15) is 11.1 Å². The van der Waals surface area contributed by atoms with Gasteiger partial charge in [0.25, 0.3) is 5.79 Å². The highest BCUT2D eigenvalue weighted by molar-refractivity contribution is 5.63. The van der Waals surface area contributed by atoms with E-state index in [4.69, 9.17) is 4.74 Å². The molecule has 0 amide bonds. The van der Waals surface area contributed by atoms with Crippen molar-refractivity contribution in [2.45, 2.75) is 5.79 Å². The zero-order valence-corrected chi connectivity index (χ0v) is 11.9. The summed E-state index contributed by atoms with van der Waals surface area (Å²) in [6.07, 6.45) is 3.35. The molecule has 2 aromatic carbocycles. The number of aliphatic hydroxyl groups is 1. The van der Waals surface area contributed by atoms with Crippen LogP contribution in [0.5, 0.6) is 11.5 Å². The highest BCUT2D eigenvalue weighted by atomic mass is 16.6. The Labute approximate surface area is 123 Å². The lowest BCUT2D eigenvalue weighted by molar-refractivity contribution is -0.268. The SMILES string of the molecule is CN(C)c1ccc(C2(O)C=Cc3ccc([O-])cc3O2)cc1. The first-order chi connectivity index (χ1) is 9.98. The van der Waals surface area contributed by atoms with Gasteiger partial charge in [-0.1, -0.05) is 24.3 Å². The molecule has 4 heteroatoms. The van der Waals surface area contributed by atoms with Crippen molar-refractivity contribution in [3.05, 3.63) is 59.7 Å². The molecular weight excluding hydrogens is 266 g/mol. The molecule has 21 heavy (non-hydrogen) atoms. The molecule has 0 aromatic heterocycles. The largest absolute Gasteiger partial charge is 0.872 e. The van der Waals surface area contributed by atoms with Gasteiger partial charge in [-0.25, -0.2) is 0 Å². The maximum absolute atomic E-state index is 11.4. The standard InChI is InChI=1S/C17H17NO3/c1-18(2)14-6-4-13(5-7-14)17(20)10-9-12-3-8-15(19)11-16(12)21-17/h3-11,19-20H,1-2H3/p-1. The predicted molar refractivity (Wildman–Crippen MR) is 80.2 cm³/mol. The monoisotopic (exact) mass is 282 g/mol. The molecule has 1 unspecified atom stereocenters. The smallest absolute Gasteiger partial charge is 0.255 e. The Hall–Kier alpha value is -2.46. The van der Waals surface area contributed by atoms with Crippen LogP contribution in [0, 0.1) is 0 Å². The summed E-state index contributed by atoms with van der Waals surface area (Å²) >= 11 is 0. The van der Waals surface area contributed by atoms with Crippen molar-refractivity contribution >= 4 is 11.8 Å². The van der Waals surface area contributed by atoms with E-state index in [1.807, 2.05) is 43.3 Å². The maximum Gasteiger partial charge on any atom is 0.255 e. The second kappa shape index (κ2) is 4.82. The molecule has 108 valence electrons. The third kappa shape index (κ3) is 2.45. The molecule has 0 saturated carbocycles. The summed E-state index contributed by atoms with van der Waals surface area (Å²) in [4.78, 5) is 1.98. The fraction of sp³-hybridized carbons (Fsp3) is 0.176. The van der Waals surface area contributed by atoms with Crippen LogP contribution in [0.3, 0.4) is 0 Å². The summed E-state index contributed by atoms with van der Waals surface area (Å²) in [6.45, 7) is 0. The van der Waals surface area contributed by atoms with E-state index in [-0.39, 0.29) is 5.75 Å². The molecule has 1 heterocycles. The number of anilines is 1. The minimum Gasteiger partial charge on any atom is -0.872 e. The van der Waals surface area contributed by atoms with Crippen LogP contribution in [-0.2, 0) is 5.79 Å². The van der Waals surface area contributed by atoms with Crippen molar-refractivity contribution in [2.75, 3.05) is 19.0 Å². The molecule has 1 aliphatic heterocycles. The van der Waals surface area contributed by atoms with Crippen molar-refractivity contribution in [3.8, 4) is 11.5 Å². The zero-order valence-electron chi connectivity index (χ0n) is 11.9. The lowest BCUT2D eigenvalue weighted by Crippen LogP contribution is -2.32. The van der Waals surface area contributed by atoms with E-state index in [9.17, 15) is 10.2 Å². The van der Waals surface area contributed by atoms with Crippen molar-refractivity contribution in [1.29, 1.82) is 0 Å². The van der Waals surface area contributed by atoms with E-state index in [1.165, 1.54) is 12.1 Å². The number of hydrogen-bond donors (Lipinski definition) is 1. The van der Waals surface area contributed by atoms with Crippen molar-refractivity contribution < 1.29 is 14.9 Å². The van der Waals surface area contributed by atoms with Gasteiger partial charge in [0.15, 0.2) is 0 Å². The Bertz CT molecular complexity index is 692. The highest BCUT2D eigenvalue weighted by Gasteiger charge is 2.32. The number of hydrogen-bond acceptors (Lipinski definition) is 4. The Morgan fingerprint density at radius 3 is 2.48 bits per heavy atom. The van der Waals surface area contributed by atoms with Crippen molar-refractivity contribution in [1.82, 2.24) is 0 Å². The van der Waals surface area contributed by atoms with Crippen LogP contribution < -0.4 is 14.7 Å². The van der Waals surface area contributed by atoms with Crippen LogP contribution >= 0.6 is 0 Å². The summed E-state index contributed by atoms with van der Waals surface area (Å²) in [7, 11) is 3.90. The topological polar surface area (TPSA) is 55.8 Å². The lowest BCUT2D eigenvalue weighted by Gasteiger charge is -2.31. The minimum absolute atomic E-state index is 0.144. The Balaban J connectivity index is 1.95. The highest BCUT2D eigenvalue weighted by Crippen LogP contribution is 2.37. The fourth-order valence-corrected chi connectivity index (χ4v) is 2.30. The molecule has 0 bridgehead atoms. The maximum atomic E-state index is 11.4. The van der Waals surface area contributed by atoms with E-state index in [0.29, 0.717) is 11.3 Å². The van der Waals surface area contributed by atoms with Gasteiger partial charge in [0.05, 0.1) is 0 Å². The fourth-order valence-electron chi connectivity index (χ4n) is 2.30. The van der Waals surface area contributed by atoms with E-state index in [1.54, 1.807) is 18.2 Å². The molecule has 0 radical (unpaired) electrons. The van der Waals surface area contributed by atoms with E-state index in [2.05, 4.69) is 0 Å². The van der Waals surface area contributed by atoms with Gasteiger partial charge in [-0.05, 0) is 30.4 Å². The van der Waals surface area contributed by atoms with Gasteiger partial charge in [0, 0.05) is 30.9 Å². The summed E-state index contributed by atoms with van der Waals surface area (Å²) in [5.41, 5.74) is 2.43. The van der Waals surface area contributed by atoms with Gasteiger partial charge in [0.2, 0.25) is 0 Å². The summed E-state index contributed by atoms with van der Waals surface area (Å²) in [5.74, 6) is -1.30. The molecule has 1 aliphatic rings. The minimum atomic E-state index is -1.55. The van der Waals surface area contributed by atoms with Crippen LogP contribution in [0.4, 0.5) is 5.69 Å². The summed E-state index contributed by atoms with van der Waals surface area (Å²) in [6, 6.07) is 12.0. The van der Waals surface area contributed by atoms with E-state index >= 15 is 0 Å². The van der Waals surface area contributed by atoms with Crippen LogP contribution in [0.2, 0.25) is 0 Å². The molecule has 4 nitrogen and oxygen atoms in total. The van der Waals surface area contributed by atoms with Crippen molar-refractivity contribution in [2.24, 2.45) is 0 Å². The first-order valence-electron chi connectivity index (χ1n) is 6.67. The van der Waals surface area contributed by atoms with E-state index < -0.39 is 5.79 Å². The molecule has 2 aromatic rings. The number of ether oxygens (including phenoxy) is 1. The third-order valence-corrected chi connectivity index (χ3v) is 3.54. The first kappa shape index (κ1) is 13.5. The van der Waals surface area contributed by atoms with Gasteiger partial charge in [-0.2, -0.15) is 0 Å². The number of benzene rings is 2. The van der Waals surface area contributed by atoms with Gasteiger partial charge < -0.3 is 19.8 Å². The average Bonchev–Trinajstić information content (AvgIpc) is 2.47. The van der Waals surface area contributed by atoms with Crippen LogP contribution in [-0.4, -0.2) is 19.2 Å². The van der Waals surface area contributed by atoms with Gasteiger partial charge in [0.1, 0.15) is 5.75 Å². The Kier molecular flexibility index (Phi) is 3.11. The Morgan fingerprint density at radius 2 is 1.81 bits per heavy atom. The van der Waals surface area contributed by atoms with E-state index in [0.717, 1.165) is 11.3 Å². The number of rotatable bonds is 2.